The molecule has 0 aliphatic carbocycles. The topological polar surface area (TPSA) is 69.3 Å². The first-order valence-electron chi connectivity index (χ1n) is 10.7. The van der Waals surface area contributed by atoms with Crippen LogP contribution in [0, 0.1) is 5.92 Å². The molecule has 2 aliphatic heterocycles. The SMILES string of the molecule is CCC[C@@H]1OC1COc1ccc(-c2ncc(OC(C(C)CC)[C@@H]3CO3)cn2)cc1. The van der Waals surface area contributed by atoms with Gasteiger partial charge in [-0.05, 0) is 43.0 Å². The highest BCUT2D eigenvalue weighted by Gasteiger charge is 2.38. The summed E-state index contributed by atoms with van der Waals surface area (Å²) >= 11 is 0. The van der Waals surface area contributed by atoms with Crippen LogP contribution in [-0.2, 0) is 9.47 Å². The van der Waals surface area contributed by atoms with Crippen molar-refractivity contribution in [2.75, 3.05) is 13.2 Å². The normalized spacial score (nSPS) is 24.6. The molecule has 0 radical (unpaired) electrons. The fourth-order valence-electron chi connectivity index (χ4n) is 3.46. The van der Waals surface area contributed by atoms with Crippen molar-refractivity contribution in [1.29, 1.82) is 0 Å². The Morgan fingerprint density at radius 3 is 2.41 bits per heavy atom. The molecular formula is C23H30N2O4. The largest absolute Gasteiger partial charge is 0.491 e. The molecule has 0 spiro atoms. The molecule has 1 aromatic heterocycles. The van der Waals surface area contributed by atoms with Crippen molar-refractivity contribution < 1.29 is 18.9 Å². The summed E-state index contributed by atoms with van der Waals surface area (Å²) in [6.07, 6.45) is 7.64. The molecule has 6 nitrogen and oxygen atoms in total. The zero-order chi connectivity index (χ0) is 20.2. The summed E-state index contributed by atoms with van der Waals surface area (Å²) in [5.41, 5.74) is 0.944. The van der Waals surface area contributed by atoms with Gasteiger partial charge >= 0.3 is 0 Å². The molecule has 29 heavy (non-hydrogen) atoms. The first kappa shape index (κ1) is 20.1. The Balaban J connectivity index is 1.31. The van der Waals surface area contributed by atoms with Gasteiger partial charge in [-0.25, -0.2) is 9.97 Å². The van der Waals surface area contributed by atoms with Crippen LogP contribution in [0.5, 0.6) is 11.5 Å². The Bertz CT molecular complexity index is 776. The Labute approximate surface area is 172 Å². The van der Waals surface area contributed by atoms with Gasteiger partial charge in [-0.3, -0.25) is 0 Å². The van der Waals surface area contributed by atoms with Gasteiger partial charge in [0.05, 0.1) is 25.1 Å². The van der Waals surface area contributed by atoms with Gasteiger partial charge in [0.2, 0.25) is 0 Å². The van der Waals surface area contributed by atoms with E-state index in [0.717, 1.165) is 37.2 Å². The second-order valence-electron chi connectivity index (χ2n) is 7.92. The van der Waals surface area contributed by atoms with E-state index in [4.69, 9.17) is 18.9 Å². The van der Waals surface area contributed by atoms with E-state index in [1.165, 1.54) is 0 Å². The van der Waals surface area contributed by atoms with Crippen LogP contribution in [0.25, 0.3) is 11.4 Å². The summed E-state index contributed by atoms with van der Waals surface area (Å²) in [7, 11) is 0. The maximum atomic E-state index is 6.11. The van der Waals surface area contributed by atoms with Crippen molar-refractivity contribution in [1.82, 2.24) is 9.97 Å². The predicted octanol–water partition coefficient (Wildman–Crippen LogP) is 4.28. The number of rotatable bonds is 11. The molecule has 3 heterocycles. The van der Waals surface area contributed by atoms with E-state index < -0.39 is 0 Å². The Kier molecular flexibility index (Phi) is 6.31. The highest BCUT2D eigenvalue weighted by molar-refractivity contribution is 5.56. The lowest BCUT2D eigenvalue weighted by Gasteiger charge is -2.22. The fourth-order valence-corrected chi connectivity index (χ4v) is 3.46. The van der Waals surface area contributed by atoms with Gasteiger partial charge in [-0.2, -0.15) is 0 Å². The molecule has 5 atom stereocenters. The minimum atomic E-state index is 0.0539. The summed E-state index contributed by atoms with van der Waals surface area (Å²) in [4.78, 5) is 8.95. The lowest BCUT2D eigenvalue weighted by molar-refractivity contribution is 0.105. The number of aromatic nitrogens is 2. The van der Waals surface area contributed by atoms with Crippen molar-refractivity contribution in [2.45, 2.75) is 64.4 Å². The third kappa shape index (κ3) is 5.25. The maximum Gasteiger partial charge on any atom is 0.159 e. The predicted molar refractivity (Wildman–Crippen MR) is 110 cm³/mol. The van der Waals surface area contributed by atoms with Crippen LogP contribution in [0.1, 0.15) is 40.0 Å². The molecule has 0 bridgehead atoms. The van der Waals surface area contributed by atoms with E-state index in [1.54, 1.807) is 12.4 Å². The van der Waals surface area contributed by atoms with Crippen molar-refractivity contribution >= 4 is 0 Å². The molecular weight excluding hydrogens is 368 g/mol. The van der Waals surface area contributed by atoms with Gasteiger partial charge in [0.1, 0.15) is 30.7 Å². The van der Waals surface area contributed by atoms with E-state index in [0.29, 0.717) is 30.2 Å². The third-order valence-corrected chi connectivity index (χ3v) is 5.62. The first-order valence-corrected chi connectivity index (χ1v) is 10.7. The summed E-state index contributed by atoms with van der Waals surface area (Å²) in [6.45, 7) is 7.90. The molecule has 0 amide bonds. The minimum absolute atomic E-state index is 0.0539. The third-order valence-electron chi connectivity index (χ3n) is 5.62. The monoisotopic (exact) mass is 398 g/mol. The minimum Gasteiger partial charge on any atom is -0.491 e. The van der Waals surface area contributed by atoms with Gasteiger partial charge in [-0.1, -0.05) is 27.2 Å². The number of hydrogen-bond acceptors (Lipinski definition) is 6. The highest BCUT2D eigenvalue weighted by atomic mass is 16.6. The van der Waals surface area contributed by atoms with Crippen LogP contribution in [0.4, 0.5) is 0 Å². The van der Waals surface area contributed by atoms with E-state index in [1.807, 2.05) is 24.3 Å². The average molecular weight is 399 g/mol. The summed E-state index contributed by atoms with van der Waals surface area (Å²) in [6, 6.07) is 7.85. The quantitative estimate of drug-likeness (QED) is 0.526. The molecule has 6 heteroatoms. The average Bonchev–Trinajstić information content (AvgIpc) is 3.68. The molecule has 2 aliphatic rings. The van der Waals surface area contributed by atoms with E-state index in [-0.39, 0.29) is 18.3 Å². The number of ether oxygens (including phenoxy) is 4. The number of benzene rings is 1. The van der Waals surface area contributed by atoms with Gasteiger partial charge in [0.15, 0.2) is 11.6 Å². The van der Waals surface area contributed by atoms with Crippen LogP contribution >= 0.6 is 0 Å². The lowest BCUT2D eigenvalue weighted by atomic mass is 9.99. The van der Waals surface area contributed by atoms with Gasteiger partial charge < -0.3 is 18.9 Å². The molecule has 0 saturated carbocycles. The molecule has 0 N–H and O–H groups in total. The van der Waals surface area contributed by atoms with Crippen molar-refractivity contribution in [3.8, 4) is 22.9 Å². The molecule has 3 unspecified atom stereocenters. The van der Waals surface area contributed by atoms with E-state index in [9.17, 15) is 0 Å². The molecule has 156 valence electrons. The number of nitrogens with zero attached hydrogens (tertiary/aromatic N) is 2. The van der Waals surface area contributed by atoms with Crippen molar-refractivity contribution in [3.63, 3.8) is 0 Å². The van der Waals surface area contributed by atoms with Crippen molar-refractivity contribution in [3.05, 3.63) is 36.7 Å². The Hall–Kier alpha value is -2.18. The standard InChI is InChI=1S/C23H30N2O4/c1-4-6-19-20(29-19)13-26-17-9-7-16(8-10-17)23-24-11-18(12-25-23)28-22(15(3)5-2)21-14-27-21/h7-12,15,19-22H,4-6,13-14H2,1-3H3/t15?,19-,20?,21-,22?/m0/s1. The van der Waals surface area contributed by atoms with Crippen LogP contribution in [0.3, 0.4) is 0 Å². The lowest BCUT2D eigenvalue weighted by Crippen LogP contribution is -2.30. The highest BCUT2D eigenvalue weighted by Crippen LogP contribution is 2.29. The van der Waals surface area contributed by atoms with E-state index >= 15 is 0 Å². The van der Waals surface area contributed by atoms with Crippen LogP contribution in [0.2, 0.25) is 0 Å². The molecule has 4 rings (SSSR count). The van der Waals surface area contributed by atoms with Crippen LogP contribution in [0.15, 0.2) is 36.7 Å². The fraction of sp³-hybridized carbons (Fsp3) is 0.565. The molecule has 1 aromatic carbocycles. The molecule has 2 fully saturated rings. The second kappa shape index (κ2) is 9.09. The summed E-state index contributed by atoms with van der Waals surface area (Å²) in [5.74, 6) is 2.61. The Morgan fingerprint density at radius 2 is 1.79 bits per heavy atom. The summed E-state index contributed by atoms with van der Waals surface area (Å²) in [5, 5.41) is 0. The smallest absolute Gasteiger partial charge is 0.159 e. The zero-order valence-electron chi connectivity index (χ0n) is 17.4. The first-order chi connectivity index (χ1) is 14.2. The molecule has 2 aromatic rings. The zero-order valence-corrected chi connectivity index (χ0v) is 17.4. The second-order valence-corrected chi connectivity index (χ2v) is 7.92. The van der Waals surface area contributed by atoms with Gasteiger partial charge in [-0.15, -0.1) is 0 Å². The Morgan fingerprint density at radius 1 is 1.07 bits per heavy atom. The van der Waals surface area contributed by atoms with Gasteiger partial charge in [0, 0.05) is 5.56 Å². The van der Waals surface area contributed by atoms with Gasteiger partial charge in [0.25, 0.3) is 0 Å². The number of epoxide rings is 2. The molecule has 2 saturated heterocycles. The van der Waals surface area contributed by atoms with Crippen LogP contribution in [-0.4, -0.2) is 47.6 Å². The summed E-state index contributed by atoms with van der Waals surface area (Å²) < 4.78 is 23.0. The number of hydrogen-bond donors (Lipinski definition) is 0. The van der Waals surface area contributed by atoms with E-state index in [2.05, 4.69) is 30.7 Å². The van der Waals surface area contributed by atoms with Crippen LogP contribution < -0.4 is 9.47 Å². The van der Waals surface area contributed by atoms with Crippen molar-refractivity contribution in [2.24, 2.45) is 5.92 Å². The maximum absolute atomic E-state index is 6.11.